The number of aryl methyl sites for hydroxylation is 1. The smallest absolute Gasteiger partial charge is 0.256 e. The van der Waals surface area contributed by atoms with Crippen LogP contribution in [-0.2, 0) is 11.3 Å². The highest BCUT2D eigenvalue weighted by Crippen LogP contribution is 2.34. The number of amides is 1. The van der Waals surface area contributed by atoms with E-state index in [1.165, 1.54) is 0 Å². The van der Waals surface area contributed by atoms with Crippen molar-refractivity contribution in [1.29, 1.82) is 0 Å². The summed E-state index contributed by atoms with van der Waals surface area (Å²) in [6.07, 6.45) is 4.06. The van der Waals surface area contributed by atoms with Crippen molar-refractivity contribution in [3.8, 4) is 5.75 Å². The number of halogens is 1. The average Bonchev–Trinajstić information content (AvgIpc) is 3.28. The molecule has 0 spiro atoms. The summed E-state index contributed by atoms with van der Waals surface area (Å²) >= 11 is 6.10. The molecule has 154 valence electrons. The minimum Gasteiger partial charge on any atom is -0.492 e. The lowest BCUT2D eigenvalue weighted by Gasteiger charge is -2.09. The zero-order valence-electron chi connectivity index (χ0n) is 17.1. The van der Waals surface area contributed by atoms with E-state index in [0.29, 0.717) is 18.7 Å². The number of nitrogens with zero attached hydrogens (tertiary/aromatic N) is 1. The van der Waals surface area contributed by atoms with Gasteiger partial charge in [-0.05, 0) is 48.9 Å². The zero-order chi connectivity index (χ0) is 21.4. The molecule has 0 bridgehead atoms. The molecule has 31 heavy (non-hydrogen) atoms. The van der Waals surface area contributed by atoms with Crippen LogP contribution in [0.1, 0.15) is 16.7 Å². The molecule has 2 heterocycles. The Morgan fingerprint density at radius 1 is 1.06 bits per heavy atom. The first-order valence-corrected chi connectivity index (χ1v) is 10.6. The molecule has 1 aromatic heterocycles. The van der Waals surface area contributed by atoms with Gasteiger partial charge < -0.3 is 14.6 Å². The fraction of sp³-hybridized carbons (Fsp3) is 0.115. The van der Waals surface area contributed by atoms with Crippen LogP contribution < -0.4 is 10.1 Å². The number of ether oxygens (including phenoxy) is 1. The predicted octanol–water partition coefficient (Wildman–Crippen LogP) is 6.17. The van der Waals surface area contributed by atoms with Gasteiger partial charge in [-0.25, -0.2) is 0 Å². The summed E-state index contributed by atoms with van der Waals surface area (Å²) in [5, 5.41) is 4.78. The number of carbonyl (C=O) groups excluding carboxylic acids is 1. The van der Waals surface area contributed by atoms with Crippen molar-refractivity contribution in [3.05, 3.63) is 94.6 Å². The summed E-state index contributed by atoms with van der Waals surface area (Å²) in [5.74, 6) is 0.736. The Labute approximate surface area is 185 Å². The quantitative estimate of drug-likeness (QED) is 0.386. The van der Waals surface area contributed by atoms with Crippen LogP contribution in [0.15, 0.2) is 72.9 Å². The van der Waals surface area contributed by atoms with E-state index in [9.17, 15) is 4.79 Å². The number of hydrogen-bond acceptors (Lipinski definition) is 2. The molecule has 1 N–H and O–H groups in total. The van der Waals surface area contributed by atoms with Crippen molar-refractivity contribution in [2.24, 2.45) is 0 Å². The summed E-state index contributed by atoms with van der Waals surface area (Å²) in [6, 6.07) is 21.7. The maximum absolute atomic E-state index is 12.5. The molecular weight excluding hydrogens is 408 g/mol. The maximum Gasteiger partial charge on any atom is 0.256 e. The topological polar surface area (TPSA) is 43.3 Å². The van der Waals surface area contributed by atoms with Crippen LogP contribution in [0.3, 0.4) is 0 Å². The number of aromatic nitrogens is 1. The van der Waals surface area contributed by atoms with Gasteiger partial charge in [0.05, 0.1) is 6.54 Å². The number of fused-ring (bicyclic) bond motifs is 2. The Morgan fingerprint density at radius 2 is 1.87 bits per heavy atom. The Morgan fingerprint density at radius 3 is 2.74 bits per heavy atom. The van der Waals surface area contributed by atoms with Gasteiger partial charge in [-0.2, -0.15) is 0 Å². The van der Waals surface area contributed by atoms with E-state index < -0.39 is 0 Å². The van der Waals surface area contributed by atoms with E-state index in [-0.39, 0.29) is 5.91 Å². The van der Waals surface area contributed by atoms with Gasteiger partial charge in [-0.3, -0.25) is 4.79 Å². The van der Waals surface area contributed by atoms with Crippen molar-refractivity contribution in [3.63, 3.8) is 0 Å². The van der Waals surface area contributed by atoms with Gasteiger partial charge in [0, 0.05) is 44.5 Å². The van der Waals surface area contributed by atoms with Crippen LogP contribution in [0.5, 0.6) is 5.75 Å². The molecule has 0 atom stereocenters. The SMILES string of the molecule is Cc1cc(OCCn2cc(/C=C3/C(=O)Nc4ccccc43)c3ccccc32)ccc1Cl. The Hall–Kier alpha value is -3.50. The Bertz CT molecular complexity index is 1340. The van der Waals surface area contributed by atoms with Crippen molar-refractivity contribution in [1.82, 2.24) is 4.57 Å². The first-order valence-electron chi connectivity index (χ1n) is 10.2. The number of nitrogens with one attached hydrogen (secondary N) is 1. The molecule has 1 aliphatic heterocycles. The lowest BCUT2D eigenvalue weighted by atomic mass is 10.0. The van der Waals surface area contributed by atoms with E-state index in [4.69, 9.17) is 16.3 Å². The van der Waals surface area contributed by atoms with Crippen LogP contribution in [0.2, 0.25) is 5.02 Å². The fourth-order valence-corrected chi connectivity index (χ4v) is 4.10. The Balaban J connectivity index is 1.43. The minimum absolute atomic E-state index is 0.0699. The monoisotopic (exact) mass is 428 g/mol. The highest BCUT2D eigenvalue weighted by Gasteiger charge is 2.23. The summed E-state index contributed by atoms with van der Waals surface area (Å²) in [7, 11) is 0. The van der Waals surface area contributed by atoms with Gasteiger partial charge in [0.15, 0.2) is 0 Å². The van der Waals surface area contributed by atoms with Gasteiger partial charge in [-0.1, -0.05) is 48.0 Å². The number of carbonyl (C=O) groups is 1. The summed E-state index contributed by atoms with van der Waals surface area (Å²) in [5.41, 5.74) is 5.60. The maximum atomic E-state index is 12.5. The second-order valence-corrected chi connectivity index (χ2v) is 8.02. The highest BCUT2D eigenvalue weighted by molar-refractivity contribution is 6.35. The van der Waals surface area contributed by atoms with Gasteiger partial charge >= 0.3 is 0 Å². The number of anilines is 1. The highest BCUT2D eigenvalue weighted by atomic mass is 35.5. The molecular formula is C26H21ClN2O2. The third-order valence-electron chi connectivity index (χ3n) is 5.56. The van der Waals surface area contributed by atoms with Crippen LogP contribution in [-0.4, -0.2) is 17.1 Å². The molecule has 4 nitrogen and oxygen atoms in total. The van der Waals surface area contributed by atoms with E-state index in [1.807, 2.05) is 67.6 Å². The van der Waals surface area contributed by atoms with Gasteiger partial charge in [0.1, 0.15) is 12.4 Å². The number of benzene rings is 3. The Kier molecular flexibility index (Phi) is 5.00. The number of rotatable bonds is 5. The second kappa shape index (κ2) is 7.97. The molecule has 0 radical (unpaired) electrons. The van der Waals surface area contributed by atoms with Crippen molar-refractivity contribution >= 4 is 45.7 Å². The lowest BCUT2D eigenvalue weighted by molar-refractivity contribution is -0.110. The molecule has 1 aliphatic rings. The standard InChI is InChI=1S/C26H21ClN2O2/c1-17-14-19(10-11-23(17)27)31-13-12-29-16-18(20-6-3-5-9-25(20)29)15-22-21-7-2-4-8-24(21)28-26(22)30/h2-11,14-16H,12-13H2,1H3,(H,28,30)/b22-15+. The largest absolute Gasteiger partial charge is 0.492 e. The number of para-hydroxylation sites is 2. The fourth-order valence-electron chi connectivity index (χ4n) is 3.98. The van der Waals surface area contributed by atoms with Crippen molar-refractivity contribution in [2.45, 2.75) is 13.5 Å². The van der Waals surface area contributed by atoms with Gasteiger partial charge in [0.25, 0.3) is 5.91 Å². The van der Waals surface area contributed by atoms with Crippen LogP contribution in [0, 0.1) is 6.92 Å². The van der Waals surface area contributed by atoms with E-state index >= 15 is 0 Å². The van der Waals surface area contributed by atoms with Crippen LogP contribution in [0.4, 0.5) is 5.69 Å². The third-order valence-corrected chi connectivity index (χ3v) is 5.98. The first kappa shape index (κ1) is 19.5. The predicted molar refractivity (Wildman–Crippen MR) is 127 cm³/mol. The minimum atomic E-state index is -0.0699. The molecule has 1 amide bonds. The van der Waals surface area contributed by atoms with Crippen molar-refractivity contribution in [2.75, 3.05) is 11.9 Å². The van der Waals surface area contributed by atoms with Gasteiger partial charge in [0.2, 0.25) is 0 Å². The third kappa shape index (κ3) is 3.71. The molecule has 0 fully saturated rings. The van der Waals surface area contributed by atoms with Crippen LogP contribution >= 0.6 is 11.6 Å². The number of hydrogen-bond donors (Lipinski definition) is 1. The first-order chi connectivity index (χ1) is 15.1. The van der Waals surface area contributed by atoms with Crippen molar-refractivity contribution < 1.29 is 9.53 Å². The molecule has 4 aromatic rings. The van der Waals surface area contributed by atoms with E-state index in [0.717, 1.165) is 44.1 Å². The van der Waals surface area contributed by atoms with E-state index in [2.05, 4.69) is 28.2 Å². The van der Waals surface area contributed by atoms with E-state index in [1.54, 1.807) is 0 Å². The molecule has 3 aromatic carbocycles. The molecule has 5 rings (SSSR count). The lowest BCUT2D eigenvalue weighted by Crippen LogP contribution is -2.07. The summed E-state index contributed by atoms with van der Waals surface area (Å²) in [6.45, 7) is 3.18. The average molecular weight is 429 g/mol. The molecule has 0 saturated carbocycles. The van der Waals surface area contributed by atoms with Crippen LogP contribution in [0.25, 0.3) is 22.6 Å². The zero-order valence-corrected chi connectivity index (χ0v) is 17.8. The molecule has 0 unspecified atom stereocenters. The molecule has 0 saturated heterocycles. The van der Waals surface area contributed by atoms with Gasteiger partial charge in [-0.15, -0.1) is 0 Å². The summed E-state index contributed by atoms with van der Waals surface area (Å²) in [4.78, 5) is 12.5. The normalized spacial score (nSPS) is 14.1. The molecule has 0 aliphatic carbocycles. The summed E-state index contributed by atoms with van der Waals surface area (Å²) < 4.78 is 8.11. The second-order valence-electron chi connectivity index (χ2n) is 7.61. The molecule has 5 heteroatoms.